The molecule has 1 fully saturated rings. The molecule has 1 aliphatic rings. The molecule has 0 unspecified atom stereocenters. The van der Waals surface area contributed by atoms with Gasteiger partial charge in [0.05, 0.1) is 16.7 Å². The van der Waals surface area contributed by atoms with Gasteiger partial charge in [-0.05, 0) is 31.9 Å². The SMILES string of the molecule is CC[C@H](C)n1c(SCC(=O)N2CCCC2=O)nc2ccccc2c1=O. The fraction of sp³-hybridized carbons (Fsp3) is 0.444. The first-order valence-electron chi connectivity index (χ1n) is 8.50. The Labute approximate surface area is 150 Å². The summed E-state index contributed by atoms with van der Waals surface area (Å²) in [6.07, 6.45) is 1.94. The summed E-state index contributed by atoms with van der Waals surface area (Å²) >= 11 is 1.23. The molecule has 25 heavy (non-hydrogen) atoms. The van der Waals surface area contributed by atoms with Crippen molar-refractivity contribution in [2.24, 2.45) is 0 Å². The predicted octanol–water partition coefficient (Wildman–Crippen LogP) is 2.61. The van der Waals surface area contributed by atoms with E-state index in [-0.39, 0.29) is 29.2 Å². The third-order valence-corrected chi connectivity index (χ3v) is 5.44. The summed E-state index contributed by atoms with van der Waals surface area (Å²) in [5.74, 6) is -0.227. The summed E-state index contributed by atoms with van der Waals surface area (Å²) < 4.78 is 1.66. The standard InChI is InChI=1S/C18H21N3O3S/c1-3-12(2)21-17(24)13-7-4-5-8-14(13)19-18(21)25-11-16(23)20-10-6-9-15(20)22/h4-5,7-8,12H,3,6,9-11H2,1-2H3/t12-/m0/s1. The lowest BCUT2D eigenvalue weighted by Gasteiger charge is -2.19. The molecule has 1 atom stereocenters. The molecule has 132 valence electrons. The number of carbonyl (C=O) groups is 2. The number of nitrogens with zero attached hydrogens (tertiary/aromatic N) is 3. The molecule has 3 rings (SSSR count). The van der Waals surface area contributed by atoms with E-state index >= 15 is 0 Å². The summed E-state index contributed by atoms with van der Waals surface area (Å²) in [5, 5.41) is 1.10. The second kappa shape index (κ2) is 7.39. The first-order valence-corrected chi connectivity index (χ1v) is 9.48. The lowest BCUT2D eigenvalue weighted by atomic mass is 10.2. The molecule has 0 spiro atoms. The van der Waals surface area contributed by atoms with Crippen molar-refractivity contribution in [2.75, 3.05) is 12.3 Å². The number of carbonyl (C=O) groups excluding carboxylic acids is 2. The third kappa shape index (κ3) is 3.46. The molecule has 0 radical (unpaired) electrons. The number of hydrogen-bond acceptors (Lipinski definition) is 5. The minimum Gasteiger partial charge on any atom is -0.284 e. The van der Waals surface area contributed by atoms with Gasteiger partial charge in [-0.15, -0.1) is 0 Å². The second-order valence-corrected chi connectivity index (χ2v) is 7.12. The van der Waals surface area contributed by atoms with Crippen molar-refractivity contribution in [3.8, 4) is 0 Å². The van der Waals surface area contributed by atoms with E-state index < -0.39 is 0 Å². The van der Waals surface area contributed by atoms with Crippen LogP contribution < -0.4 is 5.56 Å². The van der Waals surface area contributed by atoms with E-state index in [0.29, 0.717) is 29.0 Å². The lowest BCUT2D eigenvalue weighted by Crippen LogP contribution is -2.33. The van der Waals surface area contributed by atoms with Crippen LogP contribution in [0.4, 0.5) is 0 Å². The highest BCUT2D eigenvalue weighted by atomic mass is 32.2. The molecule has 0 bridgehead atoms. The molecule has 1 saturated heterocycles. The van der Waals surface area contributed by atoms with Crippen molar-refractivity contribution in [2.45, 2.75) is 44.3 Å². The van der Waals surface area contributed by atoms with Gasteiger partial charge in [0.15, 0.2) is 5.16 Å². The van der Waals surface area contributed by atoms with Crippen LogP contribution in [-0.2, 0) is 9.59 Å². The first kappa shape index (κ1) is 17.7. The molecule has 7 heteroatoms. The van der Waals surface area contributed by atoms with Crippen LogP contribution in [0.3, 0.4) is 0 Å². The van der Waals surface area contributed by atoms with E-state index in [1.54, 1.807) is 16.7 Å². The van der Waals surface area contributed by atoms with Gasteiger partial charge in [0.25, 0.3) is 5.56 Å². The maximum absolute atomic E-state index is 12.9. The fourth-order valence-electron chi connectivity index (χ4n) is 2.91. The summed E-state index contributed by atoms with van der Waals surface area (Å²) in [6.45, 7) is 4.46. The smallest absolute Gasteiger partial charge is 0.262 e. The molecule has 0 aliphatic carbocycles. The van der Waals surface area contributed by atoms with Crippen LogP contribution >= 0.6 is 11.8 Å². The van der Waals surface area contributed by atoms with E-state index in [2.05, 4.69) is 4.98 Å². The molecule has 0 saturated carbocycles. The van der Waals surface area contributed by atoms with Crippen LogP contribution in [0.1, 0.15) is 39.2 Å². The van der Waals surface area contributed by atoms with Crippen molar-refractivity contribution in [1.29, 1.82) is 0 Å². The van der Waals surface area contributed by atoms with Gasteiger partial charge in [0.1, 0.15) is 0 Å². The van der Waals surface area contributed by atoms with Crippen molar-refractivity contribution < 1.29 is 9.59 Å². The Balaban J connectivity index is 1.93. The van der Waals surface area contributed by atoms with Crippen LogP contribution in [-0.4, -0.2) is 38.6 Å². The molecule has 0 N–H and O–H groups in total. The van der Waals surface area contributed by atoms with Crippen LogP contribution in [0, 0.1) is 0 Å². The van der Waals surface area contributed by atoms with Gasteiger partial charge in [0, 0.05) is 19.0 Å². The first-order chi connectivity index (χ1) is 12.0. The van der Waals surface area contributed by atoms with Crippen LogP contribution in [0.25, 0.3) is 10.9 Å². The molecule has 1 aromatic carbocycles. The average molecular weight is 359 g/mol. The maximum Gasteiger partial charge on any atom is 0.262 e. The Hall–Kier alpha value is -2.15. The van der Waals surface area contributed by atoms with Gasteiger partial charge in [-0.2, -0.15) is 0 Å². The van der Waals surface area contributed by atoms with E-state index in [9.17, 15) is 14.4 Å². The van der Waals surface area contributed by atoms with Gasteiger partial charge in [-0.25, -0.2) is 4.98 Å². The predicted molar refractivity (Wildman–Crippen MR) is 97.7 cm³/mol. The summed E-state index contributed by atoms with van der Waals surface area (Å²) in [4.78, 5) is 42.8. The van der Waals surface area contributed by atoms with Gasteiger partial charge in [-0.1, -0.05) is 30.8 Å². The Kier molecular flexibility index (Phi) is 5.22. The third-order valence-electron chi connectivity index (χ3n) is 4.51. The van der Waals surface area contributed by atoms with Gasteiger partial charge < -0.3 is 0 Å². The number of hydrogen-bond donors (Lipinski definition) is 0. The zero-order valence-corrected chi connectivity index (χ0v) is 15.2. The monoisotopic (exact) mass is 359 g/mol. The molecule has 2 amide bonds. The van der Waals surface area contributed by atoms with Gasteiger partial charge in [-0.3, -0.25) is 23.9 Å². The summed E-state index contributed by atoms with van der Waals surface area (Å²) in [6, 6.07) is 7.21. The lowest BCUT2D eigenvalue weighted by molar-refractivity contribution is -0.140. The number of imide groups is 1. The number of fused-ring (bicyclic) bond motifs is 1. The van der Waals surface area contributed by atoms with Crippen LogP contribution in [0.5, 0.6) is 0 Å². The van der Waals surface area contributed by atoms with Crippen molar-refractivity contribution >= 4 is 34.5 Å². The quantitative estimate of drug-likeness (QED) is 0.606. The normalized spacial score (nSPS) is 15.8. The van der Waals surface area contributed by atoms with Crippen molar-refractivity contribution in [1.82, 2.24) is 14.5 Å². The highest BCUT2D eigenvalue weighted by Crippen LogP contribution is 2.23. The topological polar surface area (TPSA) is 72.3 Å². The van der Waals surface area contributed by atoms with E-state index in [1.165, 1.54) is 16.7 Å². The van der Waals surface area contributed by atoms with E-state index in [0.717, 1.165) is 12.8 Å². The molecule has 1 aromatic heterocycles. The largest absolute Gasteiger partial charge is 0.284 e. The van der Waals surface area contributed by atoms with E-state index in [1.807, 2.05) is 26.0 Å². The molecule has 2 aromatic rings. The maximum atomic E-state index is 12.9. The minimum absolute atomic E-state index is 0.0179. The van der Waals surface area contributed by atoms with Crippen molar-refractivity contribution in [3.63, 3.8) is 0 Å². The number of likely N-dealkylation sites (tertiary alicyclic amines) is 1. The van der Waals surface area contributed by atoms with Crippen LogP contribution in [0.15, 0.2) is 34.2 Å². The molecular weight excluding hydrogens is 338 g/mol. The fourth-order valence-corrected chi connectivity index (χ4v) is 3.89. The zero-order chi connectivity index (χ0) is 18.0. The van der Waals surface area contributed by atoms with Gasteiger partial charge in [0.2, 0.25) is 11.8 Å². The number of thioether (sulfide) groups is 1. The number of rotatable bonds is 5. The second-order valence-electron chi connectivity index (χ2n) is 6.18. The highest BCUT2D eigenvalue weighted by Gasteiger charge is 2.27. The highest BCUT2D eigenvalue weighted by molar-refractivity contribution is 7.99. The summed E-state index contributed by atoms with van der Waals surface area (Å²) in [5.41, 5.74) is 0.534. The van der Waals surface area contributed by atoms with Crippen molar-refractivity contribution in [3.05, 3.63) is 34.6 Å². The number of para-hydroxylation sites is 1. The Morgan fingerprint density at radius 1 is 1.32 bits per heavy atom. The Bertz CT molecular complexity index is 877. The number of benzene rings is 1. The minimum atomic E-state index is -0.217. The molecule has 2 heterocycles. The molecular formula is C18H21N3O3S. The zero-order valence-electron chi connectivity index (χ0n) is 14.4. The van der Waals surface area contributed by atoms with E-state index in [4.69, 9.17) is 0 Å². The van der Waals surface area contributed by atoms with Crippen LogP contribution in [0.2, 0.25) is 0 Å². The average Bonchev–Trinajstić information content (AvgIpc) is 3.05. The number of aromatic nitrogens is 2. The molecule has 1 aliphatic heterocycles. The Morgan fingerprint density at radius 2 is 2.08 bits per heavy atom. The molecule has 6 nitrogen and oxygen atoms in total. The summed E-state index contributed by atoms with van der Waals surface area (Å²) in [7, 11) is 0. The number of amides is 2. The Morgan fingerprint density at radius 3 is 2.76 bits per heavy atom. The van der Waals surface area contributed by atoms with Gasteiger partial charge >= 0.3 is 0 Å².